The van der Waals surface area contributed by atoms with Crippen molar-refractivity contribution in [2.24, 2.45) is 23.7 Å². The Labute approximate surface area is 338 Å². The maximum Gasteiger partial charge on any atom is 0.433 e. The Morgan fingerprint density at radius 1 is 0.895 bits per heavy atom. The summed E-state index contributed by atoms with van der Waals surface area (Å²) in [6.07, 6.45) is -3.04. The first-order chi connectivity index (χ1) is 27.1. The molecule has 4 aromatic rings. The highest BCUT2D eigenvalue weighted by Gasteiger charge is 2.70. The number of benzene rings is 3. The summed E-state index contributed by atoms with van der Waals surface area (Å²) in [5, 5.41) is 13.2. The Bertz CT molecular complexity index is 2380. The average molecular weight is 841 g/mol. The van der Waals surface area contributed by atoms with Gasteiger partial charge in [0.2, 0.25) is 0 Å². The maximum atomic E-state index is 15.3. The van der Waals surface area contributed by atoms with E-state index < -0.39 is 76.3 Å². The number of aromatic hydroxyl groups is 1. The van der Waals surface area contributed by atoms with E-state index in [1.54, 1.807) is 42.5 Å². The van der Waals surface area contributed by atoms with E-state index in [1.807, 2.05) is 6.08 Å². The maximum absolute atomic E-state index is 15.3. The fourth-order valence-electron chi connectivity index (χ4n) is 9.08. The monoisotopic (exact) mass is 839 g/mol. The van der Waals surface area contributed by atoms with Gasteiger partial charge in [-0.2, -0.15) is 23.2 Å². The first-order valence-electron chi connectivity index (χ1n) is 17.7. The fraction of sp³-hybridized carbons (Fsp3) is 0.275. The quantitative estimate of drug-likeness (QED) is 0.141. The lowest BCUT2D eigenvalue weighted by Gasteiger charge is -2.50. The van der Waals surface area contributed by atoms with Crippen LogP contribution in [-0.2, 0) is 30.8 Å². The van der Waals surface area contributed by atoms with Crippen LogP contribution in [0.1, 0.15) is 35.6 Å². The van der Waals surface area contributed by atoms with Crippen LogP contribution in [-0.4, -0.2) is 57.9 Å². The molecule has 4 aliphatic rings. The molecule has 3 aromatic carbocycles. The molecule has 1 saturated carbocycles. The summed E-state index contributed by atoms with van der Waals surface area (Å²) in [6, 6.07) is 19.2. The lowest BCUT2D eigenvalue weighted by Crippen LogP contribution is -2.53. The number of allylic oxidation sites excluding steroid dienone is 2. The lowest BCUT2D eigenvalue weighted by molar-refractivity contribution is -0.142. The molecule has 2 N–H and O–H groups in total. The molecule has 6 atom stereocenters. The zero-order valence-corrected chi connectivity index (χ0v) is 32.2. The molecule has 1 aromatic heterocycles. The molecule has 3 heterocycles. The zero-order chi connectivity index (χ0) is 40.7. The normalized spacial score (nSPS) is 25.5. The number of hydrogen-bond donors (Lipinski definition) is 2. The highest BCUT2D eigenvalue weighted by molar-refractivity contribution is 6.36. The SMILES string of the molecule is COc1ccc([C@@]23C(=O)N(Nc4ccc(Cl)cc4Cl)C(=O)[C@@H]2C[C@@H]2C(=CC[C@@H]4C(=O)N(N(C)c5nc(C(F)(F)F)ccc5Cl)C(=O)[C@@H]42)[C@@H]3c2ccc(O)cc2)cc1. The second-order valence-electron chi connectivity index (χ2n) is 14.3. The fourth-order valence-corrected chi connectivity index (χ4v) is 9.75. The molecular formula is C40H31Cl3F3N5O6. The van der Waals surface area contributed by atoms with Crippen molar-refractivity contribution in [3.05, 3.63) is 122 Å². The van der Waals surface area contributed by atoms with Gasteiger partial charge in [-0.15, -0.1) is 0 Å². The molecular weight excluding hydrogens is 810 g/mol. The van der Waals surface area contributed by atoms with Crippen LogP contribution in [0.25, 0.3) is 0 Å². The summed E-state index contributed by atoms with van der Waals surface area (Å²) >= 11 is 18.9. The van der Waals surface area contributed by atoms with E-state index in [9.17, 15) is 32.7 Å². The summed E-state index contributed by atoms with van der Waals surface area (Å²) in [4.78, 5) is 62.7. The lowest BCUT2D eigenvalue weighted by atomic mass is 9.49. The number of rotatable bonds is 7. The number of alkyl halides is 3. The molecule has 2 aliphatic heterocycles. The van der Waals surface area contributed by atoms with Crippen LogP contribution in [0.5, 0.6) is 11.5 Å². The minimum absolute atomic E-state index is 0.0393. The van der Waals surface area contributed by atoms with E-state index in [0.717, 1.165) is 21.1 Å². The number of phenols is 1. The van der Waals surface area contributed by atoms with Crippen LogP contribution in [0.3, 0.4) is 0 Å². The van der Waals surface area contributed by atoms with Gasteiger partial charge in [0.15, 0.2) is 5.82 Å². The van der Waals surface area contributed by atoms with Gasteiger partial charge < -0.3 is 9.84 Å². The first kappa shape index (κ1) is 38.6. The molecule has 8 rings (SSSR count). The number of anilines is 2. The van der Waals surface area contributed by atoms with Crippen LogP contribution in [0.2, 0.25) is 15.1 Å². The Morgan fingerprint density at radius 3 is 2.25 bits per heavy atom. The molecule has 2 aliphatic carbocycles. The van der Waals surface area contributed by atoms with Crippen LogP contribution < -0.4 is 15.2 Å². The van der Waals surface area contributed by atoms with Crippen LogP contribution in [0.4, 0.5) is 24.7 Å². The largest absolute Gasteiger partial charge is 0.508 e. The van der Waals surface area contributed by atoms with Crippen LogP contribution >= 0.6 is 34.8 Å². The molecule has 2 saturated heterocycles. The first-order valence-corrected chi connectivity index (χ1v) is 18.8. The number of amides is 4. The number of carbonyl (C=O) groups excluding carboxylic acids is 4. The van der Waals surface area contributed by atoms with Crippen molar-refractivity contribution in [1.29, 1.82) is 0 Å². The van der Waals surface area contributed by atoms with Crippen molar-refractivity contribution < 1.29 is 42.2 Å². The third kappa shape index (κ3) is 5.99. The molecule has 294 valence electrons. The number of pyridine rings is 1. The van der Waals surface area contributed by atoms with Gasteiger partial charge in [0.1, 0.15) is 17.2 Å². The van der Waals surface area contributed by atoms with E-state index in [-0.39, 0.29) is 34.3 Å². The Balaban J connectivity index is 1.28. The Kier molecular flexibility index (Phi) is 9.44. The van der Waals surface area contributed by atoms with Crippen molar-refractivity contribution in [3.63, 3.8) is 0 Å². The number of nitrogens with zero attached hydrogens (tertiary/aromatic N) is 4. The van der Waals surface area contributed by atoms with Crippen molar-refractivity contribution in [1.82, 2.24) is 15.0 Å². The van der Waals surface area contributed by atoms with Gasteiger partial charge in [-0.1, -0.05) is 70.7 Å². The number of fused-ring (bicyclic) bond motifs is 4. The van der Waals surface area contributed by atoms with Gasteiger partial charge >= 0.3 is 6.18 Å². The molecule has 3 fully saturated rings. The predicted molar refractivity (Wildman–Crippen MR) is 203 cm³/mol. The van der Waals surface area contributed by atoms with E-state index >= 15 is 4.79 Å². The summed E-state index contributed by atoms with van der Waals surface area (Å²) in [5.41, 5.74) is 1.86. The van der Waals surface area contributed by atoms with Crippen molar-refractivity contribution in [2.45, 2.75) is 30.4 Å². The number of carbonyl (C=O) groups is 4. The molecule has 0 spiro atoms. The second-order valence-corrected chi connectivity index (χ2v) is 15.6. The number of hydrazine groups is 2. The summed E-state index contributed by atoms with van der Waals surface area (Å²) < 4.78 is 46.5. The van der Waals surface area contributed by atoms with Crippen LogP contribution in [0.15, 0.2) is 90.5 Å². The van der Waals surface area contributed by atoms with Gasteiger partial charge in [0.05, 0.1) is 46.0 Å². The third-order valence-corrected chi connectivity index (χ3v) is 12.4. The number of methoxy groups -OCH3 is 1. The minimum atomic E-state index is -4.83. The van der Waals surface area contributed by atoms with Gasteiger partial charge in [0, 0.05) is 18.0 Å². The summed E-state index contributed by atoms with van der Waals surface area (Å²) in [6.45, 7) is 0. The van der Waals surface area contributed by atoms with Crippen molar-refractivity contribution in [3.8, 4) is 11.5 Å². The predicted octanol–water partition coefficient (Wildman–Crippen LogP) is 7.81. The number of aromatic nitrogens is 1. The average Bonchev–Trinajstić information content (AvgIpc) is 3.56. The highest BCUT2D eigenvalue weighted by Crippen LogP contribution is 2.64. The summed E-state index contributed by atoms with van der Waals surface area (Å²) in [5.74, 6) is -7.54. The van der Waals surface area contributed by atoms with Crippen molar-refractivity contribution in [2.75, 3.05) is 24.6 Å². The molecule has 0 bridgehead atoms. The number of hydrogen-bond acceptors (Lipinski definition) is 9. The van der Waals surface area contributed by atoms with Crippen LogP contribution in [0, 0.1) is 23.7 Å². The highest BCUT2D eigenvalue weighted by atomic mass is 35.5. The number of nitrogens with one attached hydrogen (secondary N) is 1. The van der Waals surface area contributed by atoms with Gasteiger partial charge in [0.25, 0.3) is 23.6 Å². The number of phenolic OH excluding ortho intramolecular Hbond substituents is 1. The van der Waals surface area contributed by atoms with E-state index in [0.29, 0.717) is 33.5 Å². The van der Waals surface area contributed by atoms with Gasteiger partial charge in [-0.3, -0.25) is 29.6 Å². The molecule has 11 nitrogen and oxygen atoms in total. The standard InChI is InChI=1S/C40H31Cl3F3N5O6/c1-49(34-28(42)14-16-31(47-34)40(44,45)46)51-35(53)25-13-12-24-26(32(25)37(51)55)18-27-36(54)50(48-30-15-7-21(41)17-29(30)43)38(56)39(27,20-5-10-23(57-2)11-6-20)33(24)19-3-8-22(52)9-4-19/h3-12,14-17,25-27,32-33,48,52H,13,18H2,1-2H3/t25-,26+,27-,32-,33-,39+/m0/s1. The Morgan fingerprint density at radius 2 is 1.60 bits per heavy atom. The van der Waals surface area contributed by atoms with E-state index in [2.05, 4.69) is 10.4 Å². The number of halogens is 6. The van der Waals surface area contributed by atoms with Crippen molar-refractivity contribution >= 4 is 69.9 Å². The van der Waals surface area contributed by atoms with E-state index in [1.165, 1.54) is 38.4 Å². The zero-order valence-electron chi connectivity index (χ0n) is 29.9. The Hall–Kier alpha value is -5.31. The number of ether oxygens (including phenoxy) is 1. The topological polar surface area (TPSA) is 132 Å². The van der Waals surface area contributed by atoms with Gasteiger partial charge in [-0.05, 0) is 84.5 Å². The second kappa shape index (κ2) is 14.0. The third-order valence-electron chi connectivity index (χ3n) is 11.5. The van der Waals surface area contributed by atoms with E-state index in [4.69, 9.17) is 39.5 Å². The molecule has 17 heteroatoms. The smallest absolute Gasteiger partial charge is 0.433 e. The summed E-state index contributed by atoms with van der Waals surface area (Å²) in [7, 11) is 2.72. The molecule has 0 radical (unpaired) electrons. The minimum Gasteiger partial charge on any atom is -0.508 e. The molecule has 4 amide bonds. The number of imide groups is 2. The molecule has 57 heavy (non-hydrogen) atoms. The van der Waals surface area contributed by atoms with Gasteiger partial charge in [-0.25, -0.2) is 4.98 Å². The molecule has 0 unspecified atom stereocenters.